The highest BCUT2D eigenvalue weighted by atomic mass is 16.5. The highest BCUT2D eigenvalue weighted by molar-refractivity contribution is 5.39. The van der Waals surface area contributed by atoms with Gasteiger partial charge in [-0.3, -0.25) is 9.80 Å². The standard InChI is InChI=1S/C27H32N2O3/c1-31-25-14-8-9-15-26(25)32-21-24(30)20-28-16-18-29(19-17-28)27(22-10-4-2-5-11-22)23-12-6-3-7-13-23/h2-15,24,27,30H,16-21H2,1H3. The summed E-state index contributed by atoms with van der Waals surface area (Å²) in [4.78, 5) is 4.86. The Morgan fingerprint density at radius 1 is 0.750 bits per heavy atom. The maximum absolute atomic E-state index is 10.5. The van der Waals surface area contributed by atoms with Crippen LogP contribution in [0.2, 0.25) is 0 Å². The molecule has 1 N–H and O–H groups in total. The van der Waals surface area contributed by atoms with Crippen LogP contribution in [0.4, 0.5) is 0 Å². The number of methoxy groups -OCH3 is 1. The maximum atomic E-state index is 10.5. The molecule has 3 aromatic rings. The minimum atomic E-state index is -0.550. The lowest BCUT2D eigenvalue weighted by Crippen LogP contribution is -2.50. The van der Waals surface area contributed by atoms with E-state index in [1.165, 1.54) is 11.1 Å². The molecule has 4 rings (SSSR count). The molecule has 0 amide bonds. The smallest absolute Gasteiger partial charge is 0.161 e. The summed E-state index contributed by atoms with van der Waals surface area (Å²) >= 11 is 0. The second-order valence-electron chi connectivity index (χ2n) is 8.18. The van der Waals surface area contributed by atoms with Gasteiger partial charge in [-0.2, -0.15) is 0 Å². The molecule has 0 radical (unpaired) electrons. The number of aliphatic hydroxyl groups excluding tert-OH is 1. The SMILES string of the molecule is COc1ccccc1OCC(O)CN1CCN(C(c2ccccc2)c2ccccc2)CC1. The summed E-state index contributed by atoms with van der Waals surface area (Å²) < 4.78 is 11.1. The zero-order valence-corrected chi connectivity index (χ0v) is 18.6. The van der Waals surface area contributed by atoms with E-state index < -0.39 is 6.10 Å². The van der Waals surface area contributed by atoms with E-state index >= 15 is 0 Å². The van der Waals surface area contributed by atoms with Gasteiger partial charge >= 0.3 is 0 Å². The Hall–Kier alpha value is -2.86. The van der Waals surface area contributed by atoms with Gasteiger partial charge in [0.15, 0.2) is 11.5 Å². The summed E-state index contributed by atoms with van der Waals surface area (Å²) in [5, 5.41) is 10.5. The first-order chi connectivity index (χ1) is 15.7. The fourth-order valence-electron chi connectivity index (χ4n) is 4.36. The summed E-state index contributed by atoms with van der Waals surface area (Å²) in [6, 6.07) is 29.2. The van der Waals surface area contributed by atoms with Crippen LogP contribution in [0.3, 0.4) is 0 Å². The predicted molar refractivity (Wildman–Crippen MR) is 127 cm³/mol. The number of nitrogens with zero attached hydrogens (tertiary/aromatic N) is 2. The van der Waals surface area contributed by atoms with Gasteiger partial charge in [-0.05, 0) is 23.3 Å². The van der Waals surface area contributed by atoms with E-state index in [4.69, 9.17) is 9.47 Å². The van der Waals surface area contributed by atoms with Crippen LogP contribution >= 0.6 is 0 Å². The molecule has 1 unspecified atom stereocenters. The third-order valence-corrected chi connectivity index (χ3v) is 5.97. The van der Waals surface area contributed by atoms with E-state index in [1.807, 2.05) is 24.3 Å². The lowest BCUT2D eigenvalue weighted by molar-refractivity contribution is 0.0395. The zero-order valence-electron chi connectivity index (χ0n) is 18.6. The summed E-state index contributed by atoms with van der Waals surface area (Å²) in [7, 11) is 1.62. The van der Waals surface area contributed by atoms with Gasteiger partial charge < -0.3 is 14.6 Å². The van der Waals surface area contributed by atoms with Crippen molar-refractivity contribution in [3.05, 3.63) is 96.1 Å². The van der Waals surface area contributed by atoms with Crippen LogP contribution < -0.4 is 9.47 Å². The highest BCUT2D eigenvalue weighted by Crippen LogP contribution is 2.29. The number of hydrogen-bond acceptors (Lipinski definition) is 5. The van der Waals surface area contributed by atoms with E-state index in [2.05, 4.69) is 70.5 Å². The minimum absolute atomic E-state index is 0.247. The van der Waals surface area contributed by atoms with E-state index in [0.717, 1.165) is 26.2 Å². The van der Waals surface area contributed by atoms with Crippen molar-refractivity contribution in [2.75, 3.05) is 46.4 Å². The molecule has 1 aliphatic rings. The molecule has 1 aliphatic heterocycles. The number of benzene rings is 3. The Balaban J connectivity index is 1.32. The van der Waals surface area contributed by atoms with Crippen molar-refractivity contribution in [3.8, 4) is 11.5 Å². The molecule has 5 nitrogen and oxygen atoms in total. The van der Waals surface area contributed by atoms with Gasteiger partial charge in [0.1, 0.15) is 12.7 Å². The fraction of sp³-hybridized carbons (Fsp3) is 0.333. The normalized spacial score (nSPS) is 16.1. The van der Waals surface area contributed by atoms with E-state index in [-0.39, 0.29) is 12.6 Å². The molecule has 5 heteroatoms. The first-order valence-corrected chi connectivity index (χ1v) is 11.2. The first-order valence-electron chi connectivity index (χ1n) is 11.2. The molecule has 168 valence electrons. The summed E-state index contributed by atoms with van der Waals surface area (Å²) in [5.41, 5.74) is 2.63. The van der Waals surface area contributed by atoms with Crippen LogP contribution in [0.25, 0.3) is 0 Å². The van der Waals surface area contributed by atoms with Gasteiger partial charge in [0.2, 0.25) is 0 Å². The quantitative estimate of drug-likeness (QED) is 0.557. The molecule has 0 bridgehead atoms. The Morgan fingerprint density at radius 3 is 1.84 bits per heavy atom. The monoisotopic (exact) mass is 432 g/mol. The van der Waals surface area contributed by atoms with Crippen molar-refractivity contribution in [1.29, 1.82) is 0 Å². The predicted octanol–water partition coefficient (Wildman–Crippen LogP) is 3.84. The molecular weight excluding hydrogens is 400 g/mol. The minimum Gasteiger partial charge on any atom is -0.493 e. The van der Waals surface area contributed by atoms with Gasteiger partial charge in [-0.1, -0.05) is 72.8 Å². The van der Waals surface area contributed by atoms with E-state index in [1.54, 1.807) is 7.11 Å². The van der Waals surface area contributed by atoms with Crippen LogP contribution in [-0.4, -0.2) is 67.5 Å². The second kappa shape index (κ2) is 11.1. The zero-order chi connectivity index (χ0) is 22.2. The first kappa shape index (κ1) is 22.3. The van der Waals surface area contributed by atoms with Gasteiger partial charge in [-0.25, -0.2) is 0 Å². The molecule has 0 aliphatic carbocycles. The highest BCUT2D eigenvalue weighted by Gasteiger charge is 2.27. The summed E-state index contributed by atoms with van der Waals surface area (Å²) in [6.45, 7) is 4.59. The Kier molecular flexibility index (Phi) is 7.77. The molecule has 1 atom stereocenters. The molecule has 0 saturated carbocycles. The van der Waals surface area contributed by atoms with Gasteiger partial charge in [0, 0.05) is 32.7 Å². The van der Waals surface area contributed by atoms with Crippen molar-refractivity contribution >= 4 is 0 Å². The molecule has 0 aromatic heterocycles. The number of aliphatic hydroxyl groups is 1. The molecule has 1 saturated heterocycles. The summed E-state index contributed by atoms with van der Waals surface area (Å²) in [6.07, 6.45) is -0.550. The average Bonchev–Trinajstić information content (AvgIpc) is 2.85. The number of piperazine rings is 1. The number of para-hydroxylation sites is 2. The number of ether oxygens (including phenoxy) is 2. The number of hydrogen-bond donors (Lipinski definition) is 1. The number of β-amino-alcohol motifs (C(OH)–C–C–N with tert-alkyl or cyclic N) is 1. The molecule has 1 heterocycles. The van der Waals surface area contributed by atoms with Crippen LogP contribution in [0.15, 0.2) is 84.9 Å². The van der Waals surface area contributed by atoms with E-state index in [9.17, 15) is 5.11 Å². The topological polar surface area (TPSA) is 45.2 Å². The van der Waals surface area contributed by atoms with Crippen LogP contribution in [0.1, 0.15) is 17.2 Å². The Labute approximate surface area is 190 Å². The maximum Gasteiger partial charge on any atom is 0.161 e. The molecule has 32 heavy (non-hydrogen) atoms. The molecule has 3 aromatic carbocycles. The third kappa shape index (κ3) is 5.68. The number of rotatable bonds is 9. The lowest BCUT2D eigenvalue weighted by atomic mass is 9.96. The lowest BCUT2D eigenvalue weighted by Gasteiger charge is -2.40. The van der Waals surface area contributed by atoms with Gasteiger partial charge in [0.25, 0.3) is 0 Å². The van der Waals surface area contributed by atoms with Crippen LogP contribution in [-0.2, 0) is 0 Å². The summed E-state index contributed by atoms with van der Waals surface area (Å²) in [5.74, 6) is 1.34. The molecule has 1 fully saturated rings. The van der Waals surface area contributed by atoms with E-state index in [0.29, 0.717) is 18.0 Å². The Morgan fingerprint density at radius 2 is 1.28 bits per heavy atom. The van der Waals surface area contributed by atoms with Crippen LogP contribution in [0.5, 0.6) is 11.5 Å². The van der Waals surface area contributed by atoms with Crippen molar-refractivity contribution < 1.29 is 14.6 Å². The Bertz CT molecular complexity index is 904. The average molecular weight is 433 g/mol. The fourth-order valence-corrected chi connectivity index (χ4v) is 4.36. The van der Waals surface area contributed by atoms with Crippen molar-refractivity contribution in [3.63, 3.8) is 0 Å². The molecule has 0 spiro atoms. The van der Waals surface area contributed by atoms with Gasteiger partial charge in [-0.15, -0.1) is 0 Å². The second-order valence-corrected chi connectivity index (χ2v) is 8.18. The van der Waals surface area contributed by atoms with Gasteiger partial charge in [0.05, 0.1) is 13.2 Å². The van der Waals surface area contributed by atoms with Crippen molar-refractivity contribution in [2.24, 2.45) is 0 Å². The van der Waals surface area contributed by atoms with Crippen molar-refractivity contribution in [2.45, 2.75) is 12.1 Å². The third-order valence-electron chi connectivity index (χ3n) is 5.97. The van der Waals surface area contributed by atoms with Crippen molar-refractivity contribution in [1.82, 2.24) is 9.80 Å². The largest absolute Gasteiger partial charge is 0.493 e. The molecular formula is C27H32N2O3. The van der Waals surface area contributed by atoms with Crippen LogP contribution in [0, 0.1) is 0 Å².